The normalized spacial score (nSPS) is 14.2. The van der Waals surface area contributed by atoms with Crippen molar-refractivity contribution in [1.29, 1.82) is 0 Å². The molecule has 0 amide bonds. The fourth-order valence-electron chi connectivity index (χ4n) is 1.52. The topological polar surface area (TPSA) is 36.4 Å². The van der Waals surface area contributed by atoms with E-state index >= 15 is 0 Å². The molecular weight excluding hydrogens is 381 g/mol. The second-order valence-electron chi connectivity index (χ2n) is 3.74. The predicted molar refractivity (Wildman–Crippen MR) is 90.5 cm³/mol. The molecule has 0 radical (unpaired) electrons. The summed E-state index contributed by atoms with van der Waals surface area (Å²) in [5, 5.41) is 7.32. The molecule has 2 N–H and O–H groups in total. The van der Waals surface area contributed by atoms with Crippen molar-refractivity contribution in [2.45, 2.75) is 11.3 Å². The smallest absolute Gasteiger partial charge is 0.191 e. The van der Waals surface area contributed by atoms with Crippen LogP contribution in [-0.2, 0) is 0 Å². The van der Waals surface area contributed by atoms with E-state index in [4.69, 9.17) is 11.6 Å². The summed E-state index contributed by atoms with van der Waals surface area (Å²) in [5.41, 5.74) is 0. The van der Waals surface area contributed by atoms with Crippen LogP contribution in [0.1, 0.15) is 6.42 Å². The summed E-state index contributed by atoms with van der Waals surface area (Å²) in [5.74, 6) is 1.95. The molecule has 0 bridgehead atoms. The highest BCUT2D eigenvalue weighted by molar-refractivity contribution is 14.0. The number of aliphatic imine (C=N–C) groups is 1. The Balaban J connectivity index is 0.00000162. The van der Waals surface area contributed by atoms with E-state index in [9.17, 15) is 0 Å². The van der Waals surface area contributed by atoms with Crippen molar-refractivity contribution in [3.05, 3.63) is 29.3 Å². The summed E-state index contributed by atoms with van der Waals surface area (Å²) < 4.78 is 0. The predicted octanol–water partition coefficient (Wildman–Crippen LogP) is 2.99. The Morgan fingerprint density at radius 1 is 1.33 bits per heavy atom. The third kappa shape index (κ3) is 5.67. The minimum Gasteiger partial charge on any atom is -0.356 e. The van der Waals surface area contributed by atoms with Crippen molar-refractivity contribution in [1.82, 2.24) is 10.6 Å². The number of guanidine groups is 1. The molecule has 0 saturated heterocycles. The summed E-state index contributed by atoms with van der Waals surface area (Å²) in [4.78, 5) is 5.60. The van der Waals surface area contributed by atoms with Crippen molar-refractivity contribution < 1.29 is 0 Å². The number of hydrogen-bond donors (Lipinski definition) is 2. The van der Waals surface area contributed by atoms with E-state index in [1.807, 2.05) is 36.0 Å². The second-order valence-corrected chi connectivity index (χ2v) is 5.34. The molecule has 1 aliphatic rings. The molecule has 0 saturated carbocycles. The van der Waals surface area contributed by atoms with Crippen LogP contribution in [0.3, 0.4) is 0 Å². The molecule has 3 nitrogen and oxygen atoms in total. The molecule has 6 heteroatoms. The molecular formula is C12H17ClIN3S. The van der Waals surface area contributed by atoms with Crippen LogP contribution in [-0.4, -0.2) is 31.3 Å². The van der Waals surface area contributed by atoms with E-state index in [-0.39, 0.29) is 24.0 Å². The van der Waals surface area contributed by atoms with Gasteiger partial charge in [0, 0.05) is 35.3 Å². The zero-order valence-corrected chi connectivity index (χ0v) is 13.9. The van der Waals surface area contributed by atoms with Gasteiger partial charge < -0.3 is 10.6 Å². The average molecular weight is 398 g/mol. The molecule has 1 aromatic carbocycles. The molecule has 1 aromatic rings. The van der Waals surface area contributed by atoms with Crippen LogP contribution in [0, 0.1) is 0 Å². The second kappa shape index (κ2) is 8.87. The summed E-state index contributed by atoms with van der Waals surface area (Å²) in [7, 11) is 0. The van der Waals surface area contributed by atoms with Crippen molar-refractivity contribution >= 4 is 53.3 Å². The van der Waals surface area contributed by atoms with Crippen LogP contribution in [0.4, 0.5) is 0 Å². The standard InChI is InChI=1S/C12H16ClN3S.HI/c13-10-2-4-11(5-3-10)17-9-8-16-12-14-6-1-7-15-12;/h2-5H,1,6-9H2,(H2,14,15,16);1H. The highest BCUT2D eigenvalue weighted by Gasteiger charge is 2.02. The number of nitrogens with zero attached hydrogens (tertiary/aromatic N) is 1. The fraction of sp³-hybridized carbons (Fsp3) is 0.417. The minimum absolute atomic E-state index is 0. The van der Waals surface area contributed by atoms with E-state index in [0.29, 0.717) is 0 Å². The first-order valence-corrected chi connectivity index (χ1v) is 7.11. The van der Waals surface area contributed by atoms with Crippen LogP contribution in [0.2, 0.25) is 5.02 Å². The molecule has 2 rings (SSSR count). The first-order valence-electron chi connectivity index (χ1n) is 5.75. The Labute approximate surface area is 134 Å². The highest BCUT2D eigenvalue weighted by Crippen LogP contribution is 2.19. The van der Waals surface area contributed by atoms with Gasteiger partial charge in [-0.05, 0) is 30.7 Å². The van der Waals surface area contributed by atoms with Crippen molar-refractivity contribution in [2.75, 3.05) is 25.4 Å². The Hall–Kier alpha value is -0.140. The van der Waals surface area contributed by atoms with Gasteiger partial charge in [-0.25, -0.2) is 0 Å². The van der Waals surface area contributed by atoms with Gasteiger partial charge in [-0.2, -0.15) is 0 Å². The third-order valence-corrected chi connectivity index (χ3v) is 3.64. The first-order chi connectivity index (χ1) is 8.34. The van der Waals surface area contributed by atoms with Gasteiger partial charge in [0.15, 0.2) is 5.96 Å². The first kappa shape index (κ1) is 15.9. The van der Waals surface area contributed by atoms with Crippen molar-refractivity contribution in [3.63, 3.8) is 0 Å². The van der Waals surface area contributed by atoms with Crippen LogP contribution in [0.25, 0.3) is 0 Å². The van der Waals surface area contributed by atoms with Crippen LogP contribution in [0.15, 0.2) is 34.2 Å². The number of rotatable bonds is 4. The minimum atomic E-state index is 0. The van der Waals surface area contributed by atoms with Gasteiger partial charge in [0.05, 0.1) is 0 Å². The van der Waals surface area contributed by atoms with Gasteiger partial charge in [0.2, 0.25) is 0 Å². The molecule has 100 valence electrons. The van der Waals surface area contributed by atoms with Crippen molar-refractivity contribution in [2.24, 2.45) is 4.99 Å². The number of halogens is 2. The molecule has 0 aliphatic carbocycles. The lowest BCUT2D eigenvalue weighted by atomic mass is 10.4. The largest absolute Gasteiger partial charge is 0.356 e. The lowest BCUT2D eigenvalue weighted by Gasteiger charge is -2.15. The lowest BCUT2D eigenvalue weighted by Crippen LogP contribution is -2.41. The molecule has 0 aromatic heterocycles. The quantitative estimate of drug-likeness (QED) is 0.466. The van der Waals surface area contributed by atoms with E-state index in [1.165, 1.54) is 4.90 Å². The molecule has 18 heavy (non-hydrogen) atoms. The maximum absolute atomic E-state index is 5.83. The maximum Gasteiger partial charge on any atom is 0.191 e. The Bertz CT molecular complexity index is 383. The molecule has 0 spiro atoms. The number of nitrogens with one attached hydrogen (secondary N) is 2. The van der Waals surface area contributed by atoms with Crippen LogP contribution in [0.5, 0.6) is 0 Å². The van der Waals surface area contributed by atoms with E-state index in [1.54, 1.807) is 0 Å². The molecule has 0 atom stereocenters. The number of benzene rings is 1. The third-order valence-electron chi connectivity index (χ3n) is 2.37. The monoisotopic (exact) mass is 397 g/mol. The zero-order chi connectivity index (χ0) is 11.9. The summed E-state index contributed by atoms with van der Waals surface area (Å²) >= 11 is 7.64. The van der Waals surface area contributed by atoms with Crippen LogP contribution < -0.4 is 10.6 Å². The van der Waals surface area contributed by atoms with E-state index in [2.05, 4.69) is 15.6 Å². The van der Waals surface area contributed by atoms with Gasteiger partial charge in [0.25, 0.3) is 0 Å². The zero-order valence-electron chi connectivity index (χ0n) is 9.99. The average Bonchev–Trinajstić information content (AvgIpc) is 2.38. The highest BCUT2D eigenvalue weighted by atomic mass is 127. The van der Waals surface area contributed by atoms with Gasteiger partial charge >= 0.3 is 0 Å². The van der Waals surface area contributed by atoms with Gasteiger partial charge in [-0.15, -0.1) is 35.7 Å². The van der Waals surface area contributed by atoms with Gasteiger partial charge in [-0.3, -0.25) is 4.99 Å². The molecule has 0 fully saturated rings. The van der Waals surface area contributed by atoms with Crippen LogP contribution >= 0.6 is 47.3 Å². The Morgan fingerprint density at radius 2 is 2.11 bits per heavy atom. The lowest BCUT2D eigenvalue weighted by molar-refractivity contribution is 0.709. The maximum atomic E-state index is 5.83. The number of thioether (sulfide) groups is 1. The number of hydrogen-bond acceptors (Lipinski definition) is 4. The Kier molecular flexibility index (Phi) is 7.85. The summed E-state index contributed by atoms with van der Waals surface area (Å²) in [6, 6.07) is 7.93. The van der Waals surface area contributed by atoms with E-state index in [0.717, 1.165) is 42.8 Å². The van der Waals surface area contributed by atoms with E-state index < -0.39 is 0 Å². The molecule has 1 aliphatic heterocycles. The van der Waals surface area contributed by atoms with Gasteiger partial charge in [0.1, 0.15) is 0 Å². The SMILES string of the molecule is Clc1ccc(SCCNC2=NCCCN2)cc1.I. The summed E-state index contributed by atoms with van der Waals surface area (Å²) in [6.45, 7) is 2.87. The fourth-order valence-corrected chi connectivity index (χ4v) is 2.41. The Morgan fingerprint density at radius 3 is 2.78 bits per heavy atom. The summed E-state index contributed by atoms with van der Waals surface area (Å²) in [6.07, 6.45) is 1.13. The van der Waals surface area contributed by atoms with Crippen molar-refractivity contribution in [3.8, 4) is 0 Å². The molecule has 1 heterocycles. The molecule has 0 unspecified atom stereocenters. The van der Waals surface area contributed by atoms with Gasteiger partial charge in [-0.1, -0.05) is 11.6 Å².